The largest absolute Gasteiger partial charge is 0.391 e. The third-order valence-electron chi connectivity index (χ3n) is 4.15. The molecule has 0 bridgehead atoms. The Balaban J connectivity index is 1.97. The van der Waals surface area contributed by atoms with Gasteiger partial charge in [-0.25, -0.2) is 0 Å². The minimum Gasteiger partial charge on any atom is -0.308 e. The number of halogens is 3. The van der Waals surface area contributed by atoms with Crippen molar-refractivity contribution < 1.29 is 13.2 Å². The molecule has 1 atom stereocenters. The van der Waals surface area contributed by atoms with Crippen molar-refractivity contribution in [3.8, 4) is 0 Å². The van der Waals surface area contributed by atoms with Crippen molar-refractivity contribution in [2.75, 3.05) is 6.54 Å². The lowest BCUT2D eigenvalue weighted by atomic mass is 9.82. The van der Waals surface area contributed by atoms with E-state index in [0.717, 1.165) is 23.0 Å². The summed E-state index contributed by atoms with van der Waals surface area (Å²) >= 11 is 1.55. The van der Waals surface area contributed by atoms with Crippen LogP contribution in [-0.4, -0.2) is 22.9 Å². The van der Waals surface area contributed by atoms with Crippen LogP contribution in [0.3, 0.4) is 0 Å². The molecule has 1 heterocycles. The molecule has 0 saturated heterocycles. The van der Waals surface area contributed by atoms with Crippen LogP contribution in [0.4, 0.5) is 13.2 Å². The Morgan fingerprint density at radius 3 is 2.38 bits per heavy atom. The number of aromatic nitrogens is 2. The summed E-state index contributed by atoms with van der Waals surface area (Å²) in [6.45, 7) is 5.00. The third kappa shape index (κ3) is 4.16. The smallest absolute Gasteiger partial charge is 0.308 e. The molecule has 120 valence electrons. The molecule has 21 heavy (non-hydrogen) atoms. The van der Waals surface area contributed by atoms with E-state index in [9.17, 15) is 13.2 Å². The Labute approximate surface area is 127 Å². The summed E-state index contributed by atoms with van der Waals surface area (Å²) in [4.78, 5) is 0. The van der Waals surface area contributed by atoms with Crippen LogP contribution in [-0.2, 0) is 0 Å². The van der Waals surface area contributed by atoms with Crippen LogP contribution in [0.1, 0.15) is 67.9 Å². The first-order valence-electron chi connectivity index (χ1n) is 7.59. The maximum atomic E-state index is 12.7. The Hall–Kier alpha value is -0.690. The molecule has 0 spiro atoms. The first-order valence-corrected chi connectivity index (χ1v) is 8.40. The molecule has 0 aromatic carbocycles. The predicted octanol–water partition coefficient (Wildman–Crippen LogP) is 4.43. The standard InChI is InChI=1S/C14H22F3N3S/c1-3-11(18-4-2)13-20-19-12(21-13)9-5-7-10(8-6-9)14(15,16)17/h9-11,18H,3-8H2,1-2H3. The maximum Gasteiger partial charge on any atom is 0.391 e. The van der Waals surface area contributed by atoms with Crippen LogP contribution in [0, 0.1) is 5.92 Å². The summed E-state index contributed by atoms with van der Waals surface area (Å²) in [5, 5.41) is 13.7. The SMILES string of the molecule is CCNC(CC)c1nnc(C2CCC(C(F)(F)F)CC2)s1. The molecule has 1 N–H and O–H groups in total. The first-order chi connectivity index (χ1) is 9.95. The fraction of sp³-hybridized carbons (Fsp3) is 0.857. The summed E-state index contributed by atoms with van der Waals surface area (Å²) in [6.07, 6.45) is -1.55. The molecule has 0 amide bonds. The molecule has 1 aromatic heterocycles. The highest BCUT2D eigenvalue weighted by atomic mass is 32.1. The zero-order chi connectivity index (χ0) is 15.5. The van der Waals surface area contributed by atoms with Gasteiger partial charge in [-0.15, -0.1) is 10.2 Å². The van der Waals surface area contributed by atoms with Crippen molar-refractivity contribution in [2.24, 2.45) is 5.92 Å². The average Bonchev–Trinajstić information content (AvgIpc) is 2.93. The molecule has 1 aromatic rings. The van der Waals surface area contributed by atoms with Gasteiger partial charge in [0.1, 0.15) is 10.0 Å². The number of nitrogens with zero attached hydrogens (tertiary/aromatic N) is 2. The van der Waals surface area contributed by atoms with Crippen LogP contribution in [0.25, 0.3) is 0 Å². The van der Waals surface area contributed by atoms with Crippen molar-refractivity contribution in [3.63, 3.8) is 0 Å². The van der Waals surface area contributed by atoms with E-state index in [2.05, 4.69) is 22.4 Å². The van der Waals surface area contributed by atoms with E-state index in [-0.39, 0.29) is 24.8 Å². The van der Waals surface area contributed by atoms with Crippen molar-refractivity contribution in [1.29, 1.82) is 0 Å². The zero-order valence-electron chi connectivity index (χ0n) is 12.4. The minimum absolute atomic E-state index is 0.147. The molecule has 1 aliphatic rings. The average molecular weight is 321 g/mol. The molecule has 1 saturated carbocycles. The van der Waals surface area contributed by atoms with Gasteiger partial charge in [0.2, 0.25) is 0 Å². The molecular weight excluding hydrogens is 299 g/mol. The summed E-state index contributed by atoms with van der Waals surface area (Å²) in [5.41, 5.74) is 0. The van der Waals surface area contributed by atoms with E-state index in [1.165, 1.54) is 0 Å². The summed E-state index contributed by atoms with van der Waals surface area (Å²) in [6, 6.07) is 0.202. The monoisotopic (exact) mass is 321 g/mol. The fourth-order valence-electron chi connectivity index (χ4n) is 2.87. The van der Waals surface area contributed by atoms with Gasteiger partial charge in [-0.05, 0) is 38.6 Å². The van der Waals surface area contributed by atoms with Crippen molar-refractivity contribution >= 4 is 11.3 Å². The summed E-state index contributed by atoms with van der Waals surface area (Å²) in [5.74, 6) is -0.986. The number of alkyl halides is 3. The number of rotatable bonds is 5. The van der Waals surface area contributed by atoms with Gasteiger partial charge in [-0.3, -0.25) is 0 Å². The number of hydrogen-bond donors (Lipinski definition) is 1. The van der Waals surface area contributed by atoms with Crippen LogP contribution >= 0.6 is 11.3 Å². The second-order valence-electron chi connectivity index (χ2n) is 5.59. The highest BCUT2D eigenvalue weighted by Crippen LogP contribution is 2.43. The molecule has 0 radical (unpaired) electrons. The Morgan fingerprint density at radius 1 is 1.19 bits per heavy atom. The van der Waals surface area contributed by atoms with Crippen molar-refractivity contribution in [1.82, 2.24) is 15.5 Å². The lowest BCUT2D eigenvalue weighted by molar-refractivity contribution is -0.182. The Kier molecular flexibility index (Phi) is 5.60. The van der Waals surface area contributed by atoms with Crippen LogP contribution < -0.4 is 5.32 Å². The normalized spacial score (nSPS) is 25.0. The van der Waals surface area contributed by atoms with Gasteiger partial charge in [-0.1, -0.05) is 25.2 Å². The minimum atomic E-state index is -4.05. The van der Waals surface area contributed by atoms with Gasteiger partial charge in [0, 0.05) is 5.92 Å². The van der Waals surface area contributed by atoms with Crippen LogP contribution in [0.2, 0.25) is 0 Å². The first kappa shape index (κ1) is 16.7. The van der Waals surface area contributed by atoms with Gasteiger partial charge >= 0.3 is 6.18 Å². The molecule has 2 rings (SSSR count). The molecule has 1 unspecified atom stereocenters. The van der Waals surface area contributed by atoms with E-state index in [1.807, 2.05) is 6.92 Å². The highest BCUT2D eigenvalue weighted by Gasteiger charge is 2.42. The molecule has 1 fully saturated rings. The number of hydrogen-bond acceptors (Lipinski definition) is 4. The van der Waals surface area contributed by atoms with Crippen molar-refractivity contribution in [3.05, 3.63) is 10.0 Å². The van der Waals surface area contributed by atoms with Crippen LogP contribution in [0.5, 0.6) is 0 Å². The van der Waals surface area contributed by atoms with E-state index in [0.29, 0.717) is 12.8 Å². The van der Waals surface area contributed by atoms with Gasteiger partial charge in [0.25, 0.3) is 0 Å². The van der Waals surface area contributed by atoms with Gasteiger partial charge in [0.05, 0.1) is 12.0 Å². The van der Waals surface area contributed by atoms with Crippen LogP contribution in [0.15, 0.2) is 0 Å². The van der Waals surface area contributed by atoms with E-state index in [1.54, 1.807) is 11.3 Å². The number of nitrogens with one attached hydrogen (secondary N) is 1. The van der Waals surface area contributed by atoms with Gasteiger partial charge in [0.15, 0.2) is 0 Å². The molecule has 7 heteroatoms. The Morgan fingerprint density at radius 2 is 1.86 bits per heavy atom. The summed E-state index contributed by atoms with van der Waals surface area (Å²) < 4.78 is 38.0. The summed E-state index contributed by atoms with van der Waals surface area (Å²) in [7, 11) is 0. The zero-order valence-corrected chi connectivity index (χ0v) is 13.2. The van der Waals surface area contributed by atoms with E-state index < -0.39 is 12.1 Å². The predicted molar refractivity (Wildman–Crippen MR) is 77.4 cm³/mol. The maximum absolute atomic E-state index is 12.7. The van der Waals surface area contributed by atoms with Gasteiger partial charge < -0.3 is 5.32 Å². The second-order valence-corrected chi connectivity index (χ2v) is 6.63. The van der Waals surface area contributed by atoms with Gasteiger partial charge in [-0.2, -0.15) is 13.2 Å². The third-order valence-corrected chi connectivity index (χ3v) is 5.35. The Bertz CT molecular complexity index is 439. The molecule has 1 aliphatic carbocycles. The second kappa shape index (κ2) is 7.05. The quantitative estimate of drug-likeness (QED) is 0.871. The highest BCUT2D eigenvalue weighted by molar-refractivity contribution is 7.11. The van der Waals surface area contributed by atoms with Crippen molar-refractivity contribution in [2.45, 2.75) is 64.1 Å². The lowest BCUT2D eigenvalue weighted by Gasteiger charge is -2.28. The molecule has 0 aliphatic heterocycles. The van der Waals surface area contributed by atoms with E-state index in [4.69, 9.17) is 0 Å². The molecular formula is C14H22F3N3S. The topological polar surface area (TPSA) is 37.8 Å². The lowest BCUT2D eigenvalue weighted by Crippen LogP contribution is -2.27. The fourth-order valence-corrected chi connectivity index (χ4v) is 4.04. The van der Waals surface area contributed by atoms with E-state index >= 15 is 0 Å². The molecule has 3 nitrogen and oxygen atoms in total.